The normalized spacial score (nSPS) is 17.8. The molecule has 0 aromatic heterocycles. The quantitative estimate of drug-likeness (QED) is 0.320. The summed E-state index contributed by atoms with van der Waals surface area (Å²) >= 11 is 0. The van der Waals surface area contributed by atoms with E-state index in [1.165, 1.54) is 45.3 Å². The summed E-state index contributed by atoms with van der Waals surface area (Å²) in [6.45, 7) is 12.1. The van der Waals surface area contributed by atoms with E-state index in [0.29, 0.717) is 0 Å². The van der Waals surface area contributed by atoms with Crippen molar-refractivity contribution >= 4 is 5.96 Å². The fraction of sp³-hybridized carbons (Fsp3) is 0.800. The van der Waals surface area contributed by atoms with Gasteiger partial charge in [0.1, 0.15) is 0 Å². The fourth-order valence-corrected chi connectivity index (χ4v) is 2.36. The molecule has 1 fully saturated rings. The van der Waals surface area contributed by atoms with Crippen molar-refractivity contribution in [1.82, 2.24) is 15.5 Å². The van der Waals surface area contributed by atoms with Gasteiger partial charge in [0.2, 0.25) is 0 Å². The summed E-state index contributed by atoms with van der Waals surface area (Å²) in [5.41, 5.74) is 0. The van der Waals surface area contributed by atoms with E-state index >= 15 is 0 Å². The van der Waals surface area contributed by atoms with Crippen molar-refractivity contribution in [3.8, 4) is 0 Å². The maximum atomic E-state index is 4.58. The first-order chi connectivity index (χ1) is 9.36. The van der Waals surface area contributed by atoms with Crippen LogP contribution in [0.15, 0.2) is 17.6 Å². The van der Waals surface area contributed by atoms with E-state index < -0.39 is 0 Å². The van der Waals surface area contributed by atoms with Crippen LogP contribution in [0, 0.1) is 0 Å². The molecular formula is C15H30N4. The number of rotatable bonds is 7. The van der Waals surface area contributed by atoms with E-state index in [0.717, 1.165) is 32.0 Å². The Hall–Kier alpha value is -1.03. The highest BCUT2D eigenvalue weighted by Crippen LogP contribution is 2.09. The van der Waals surface area contributed by atoms with E-state index in [1.54, 1.807) is 0 Å². The van der Waals surface area contributed by atoms with Crippen molar-refractivity contribution in [2.45, 2.75) is 39.0 Å². The number of nitrogens with one attached hydrogen (secondary N) is 2. The second-order valence-corrected chi connectivity index (χ2v) is 5.04. The van der Waals surface area contributed by atoms with Crippen molar-refractivity contribution in [1.29, 1.82) is 0 Å². The zero-order valence-electron chi connectivity index (χ0n) is 12.5. The van der Waals surface area contributed by atoms with Crippen LogP contribution in [0.2, 0.25) is 0 Å². The molecule has 19 heavy (non-hydrogen) atoms. The van der Waals surface area contributed by atoms with Gasteiger partial charge in [-0.3, -0.25) is 4.99 Å². The molecule has 1 rings (SSSR count). The third-order valence-electron chi connectivity index (χ3n) is 3.36. The summed E-state index contributed by atoms with van der Waals surface area (Å²) < 4.78 is 0. The molecule has 0 bridgehead atoms. The van der Waals surface area contributed by atoms with E-state index in [2.05, 4.69) is 34.0 Å². The average molecular weight is 266 g/mol. The van der Waals surface area contributed by atoms with Crippen LogP contribution in [0.1, 0.15) is 39.0 Å². The molecule has 1 saturated heterocycles. The van der Waals surface area contributed by atoms with Crippen LogP contribution in [-0.4, -0.2) is 50.1 Å². The van der Waals surface area contributed by atoms with Crippen LogP contribution < -0.4 is 10.6 Å². The Morgan fingerprint density at radius 1 is 1.21 bits per heavy atom. The molecule has 0 unspecified atom stereocenters. The summed E-state index contributed by atoms with van der Waals surface area (Å²) in [5.74, 6) is 0.901. The largest absolute Gasteiger partial charge is 0.357 e. The number of hydrogen-bond donors (Lipinski definition) is 2. The van der Waals surface area contributed by atoms with Crippen LogP contribution in [0.4, 0.5) is 0 Å². The third-order valence-corrected chi connectivity index (χ3v) is 3.36. The highest BCUT2D eigenvalue weighted by Gasteiger charge is 2.07. The molecular weight excluding hydrogens is 236 g/mol. The fourth-order valence-electron chi connectivity index (χ4n) is 2.36. The van der Waals surface area contributed by atoms with Gasteiger partial charge in [0.25, 0.3) is 0 Å². The number of hydrogen-bond acceptors (Lipinski definition) is 2. The SMILES string of the molecule is C=CCNC(=NCCCN1CCCCCC1)NCC. The van der Waals surface area contributed by atoms with Gasteiger partial charge >= 0.3 is 0 Å². The number of guanidine groups is 1. The maximum absolute atomic E-state index is 4.58. The summed E-state index contributed by atoms with van der Waals surface area (Å²) in [6, 6.07) is 0. The minimum atomic E-state index is 0.762. The lowest BCUT2D eigenvalue weighted by Gasteiger charge is -2.19. The van der Waals surface area contributed by atoms with Crippen molar-refractivity contribution < 1.29 is 0 Å². The molecule has 0 radical (unpaired) electrons. The van der Waals surface area contributed by atoms with Crippen molar-refractivity contribution in [3.63, 3.8) is 0 Å². The second kappa shape index (κ2) is 10.9. The number of aliphatic imine (C=N–C) groups is 1. The van der Waals surface area contributed by atoms with Gasteiger partial charge < -0.3 is 15.5 Å². The Kier molecular flexibility index (Phi) is 9.15. The van der Waals surface area contributed by atoms with Crippen molar-refractivity contribution in [2.24, 2.45) is 4.99 Å². The number of likely N-dealkylation sites (tertiary alicyclic amines) is 1. The van der Waals surface area contributed by atoms with Crippen molar-refractivity contribution in [2.75, 3.05) is 39.3 Å². The Labute approximate surface area is 118 Å². The predicted molar refractivity (Wildman–Crippen MR) is 83.7 cm³/mol. The standard InChI is InChI=1S/C15H30N4/c1-3-10-17-15(16-4-2)18-11-9-14-19-12-7-5-6-8-13-19/h3H,1,4-14H2,2H3,(H2,16,17,18). The second-order valence-electron chi connectivity index (χ2n) is 5.04. The van der Waals surface area contributed by atoms with Gasteiger partial charge in [-0.2, -0.15) is 0 Å². The summed E-state index contributed by atoms with van der Waals surface area (Å²) in [5, 5.41) is 6.47. The molecule has 4 nitrogen and oxygen atoms in total. The number of nitrogens with zero attached hydrogens (tertiary/aromatic N) is 2. The topological polar surface area (TPSA) is 39.7 Å². The third kappa shape index (κ3) is 7.88. The van der Waals surface area contributed by atoms with Gasteiger partial charge in [0.15, 0.2) is 5.96 Å². The van der Waals surface area contributed by atoms with Gasteiger partial charge in [-0.1, -0.05) is 18.9 Å². The Balaban J connectivity index is 2.19. The summed E-state index contributed by atoms with van der Waals surface area (Å²) in [6.07, 6.45) is 8.55. The van der Waals surface area contributed by atoms with Crippen LogP contribution in [0.25, 0.3) is 0 Å². The molecule has 0 aromatic carbocycles. The van der Waals surface area contributed by atoms with Crippen molar-refractivity contribution in [3.05, 3.63) is 12.7 Å². The van der Waals surface area contributed by atoms with E-state index in [9.17, 15) is 0 Å². The highest BCUT2D eigenvalue weighted by molar-refractivity contribution is 5.79. The predicted octanol–water partition coefficient (Wildman–Crippen LogP) is 1.99. The monoisotopic (exact) mass is 266 g/mol. The molecule has 0 spiro atoms. The Morgan fingerprint density at radius 3 is 2.58 bits per heavy atom. The van der Waals surface area contributed by atoms with Crippen LogP contribution in [-0.2, 0) is 0 Å². The molecule has 1 aliphatic heterocycles. The smallest absolute Gasteiger partial charge is 0.191 e. The van der Waals surface area contributed by atoms with E-state index in [4.69, 9.17) is 0 Å². The maximum Gasteiger partial charge on any atom is 0.191 e. The molecule has 0 aromatic rings. The van der Waals surface area contributed by atoms with E-state index in [1.807, 2.05) is 6.08 Å². The molecule has 1 aliphatic rings. The first kappa shape index (κ1) is 16.0. The lowest BCUT2D eigenvalue weighted by Crippen LogP contribution is -2.37. The lowest BCUT2D eigenvalue weighted by atomic mass is 10.2. The van der Waals surface area contributed by atoms with Gasteiger partial charge in [-0.05, 0) is 45.8 Å². The minimum absolute atomic E-state index is 0.762. The Morgan fingerprint density at radius 2 is 1.95 bits per heavy atom. The summed E-state index contributed by atoms with van der Waals surface area (Å²) in [7, 11) is 0. The molecule has 0 atom stereocenters. The summed E-state index contributed by atoms with van der Waals surface area (Å²) in [4.78, 5) is 7.17. The zero-order chi connectivity index (χ0) is 13.8. The van der Waals surface area contributed by atoms with Gasteiger partial charge in [0.05, 0.1) is 0 Å². The Bertz CT molecular complexity index is 255. The molecule has 0 amide bonds. The molecule has 0 saturated carbocycles. The van der Waals surface area contributed by atoms with Gasteiger partial charge in [-0.25, -0.2) is 0 Å². The van der Waals surface area contributed by atoms with Gasteiger partial charge in [-0.15, -0.1) is 6.58 Å². The first-order valence-corrected chi connectivity index (χ1v) is 7.72. The van der Waals surface area contributed by atoms with Crippen LogP contribution >= 0.6 is 0 Å². The lowest BCUT2D eigenvalue weighted by molar-refractivity contribution is 0.283. The molecule has 0 aliphatic carbocycles. The first-order valence-electron chi connectivity index (χ1n) is 7.72. The minimum Gasteiger partial charge on any atom is -0.357 e. The van der Waals surface area contributed by atoms with E-state index in [-0.39, 0.29) is 0 Å². The van der Waals surface area contributed by atoms with Gasteiger partial charge in [0, 0.05) is 19.6 Å². The average Bonchev–Trinajstić information content (AvgIpc) is 2.69. The molecule has 4 heteroatoms. The molecule has 2 N–H and O–H groups in total. The molecule has 1 heterocycles. The van der Waals surface area contributed by atoms with Crippen LogP contribution in [0.3, 0.4) is 0 Å². The molecule has 110 valence electrons. The highest BCUT2D eigenvalue weighted by atomic mass is 15.2. The zero-order valence-corrected chi connectivity index (χ0v) is 12.5. The van der Waals surface area contributed by atoms with Crippen LogP contribution in [0.5, 0.6) is 0 Å².